The van der Waals surface area contributed by atoms with E-state index in [1.807, 2.05) is 18.7 Å². The number of hydrogen-bond donors (Lipinski definition) is 1. The molecule has 0 saturated carbocycles. The molecular formula is C15H20N2O4. The van der Waals surface area contributed by atoms with Crippen LogP contribution in [0.3, 0.4) is 0 Å². The van der Waals surface area contributed by atoms with Gasteiger partial charge < -0.3 is 10.0 Å². The fourth-order valence-electron chi connectivity index (χ4n) is 3.08. The van der Waals surface area contributed by atoms with E-state index in [1.54, 1.807) is 12.1 Å². The zero-order valence-corrected chi connectivity index (χ0v) is 12.3. The Balaban J connectivity index is 2.35. The molecule has 1 fully saturated rings. The lowest BCUT2D eigenvalue weighted by Crippen LogP contribution is -2.34. The topological polar surface area (TPSA) is 83.7 Å². The molecule has 2 rings (SSSR count). The highest BCUT2D eigenvalue weighted by Crippen LogP contribution is 2.40. The van der Waals surface area contributed by atoms with Crippen LogP contribution in [0.15, 0.2) is 18.2 Å². The van der Waals surface area contributed by atoms with Crippen molar-refractivity contribution in [3.8, 4) is 0 Å². The third-order valence-electron chi connectivity index (χ3n) is 4.20. The maximum absolute atomic E-state index is 11.6. The maximum atomic E-state index is 11.6. The number of nitrogens with zero attached hydrogens (tertiary/aromatic N) is 2. The molecule has 1 aromatic carbocycles. The lowest BCUT2D eigenvalue weighted by atomic mass is 9.83. The first-order valence-corrected chi connectivity index (χ1v) is 7.13. The SMILES string of the molecule is CCCC1(C(=O)O)CCN(c2cc(C)ccc2[N+](=O)[O-])C1. The summed E-state index contributed by atoms with van der Waals surface area (Å²) in [6.45, 7) is 4.71. The standard InChI is InChI=1S/C15H20N2O4/c1-3-6-15(14(18)19)7-8-16(10-15)13-9-11(2)4-5-12(13)17(20)21/h4-5,9H,3,6-8,10H2,1-2H3,(H,18,19). The molecule has 1 aliphatic heterocycles. The first-order valence-electron chi connectivity index (χ1n) is 7.13. The minimum absolute atomic E-state index is 0.0401. The average Bonchev–Trinajstić information content (AvgIpc) is 2.84. The summed E-state index contributed by atoms with van der Waals surface area (Å²) in [5, 5.41) is 20.7. The van der Waals surface area contributed by atoms with E-state index in [0.717, 1.165) is 12.0 Å². The van der Waals surface area contributed by atoms with Crippen LogP contribution in [-0.2, 0) is 4.79 Å². The number of aliphatic carboxylic acids is 1. The van der Waals surface area contributed by atoms with Crippen LogP contribution in [-0.4, -0.2) is 29.1 Å². The normalized spacial score (nSPS) is 21.5. The molecule has 1 saturated heterocycles. The van der Waals surface area contributed by atoms with E-state index < -0.39 is 16.3 Å². The molecule has 114 valence electrons. The third-order valence-corrected chi connectivity index (χ3v) is 4.20. The molecule has 1 N–H and O–H groups in total. The van der Waals surface area contributed by atoms with Crippen LogP contribution < -0.4 is 4.90 Å². The molecule has 6 nitrogen and oxygen atoms in total. The van der Waals surface area contributed by atoms with Gasteiger partial charge in [-0.1, -0.05) is 19.4 Å². The Morgan fingerprint density at radius 3 is 2.81 bits per heavy atom. The molecular weight excluding hydrogens is 272 g/mol. The van der Waals surface area contributed by atoms with Gasteiger partial charge in [0.2, 0.25) is 0 Å². The zero-order chi connectivity index (χ0) is 15.6. The molecule has 6 heteroatoms. The number of aryl methyl sites for hydroxylation is 1. The predicted molar refractivity (Wildman–Crippen MR) is 79.6 cm³/mol. The molecule has 0 aliphatic carbocycles. The number of benzene rings is 1. The van der Waals surface area contributed by atoms with Crippen LogP contribution in [0.5, 0.6) is 0 Å². The highest BCUT2D eigenvalue weighted by atomic mass is 16.6. The summed E-state index contributed by atoms with van der Waals surface area (Å²) in [5.41, 5.74) is 0.711. The van der Waals surface area contributed by atoms with Crippen molar-refractivity contribution in [3.05, 3.63) is 33.9 Å². The number of anilines is 1. The van der Waals surface area contributed by atoms with Crippen LogP contribution >= 0.6 is 0 Å². The first-order chi connectivity index (χ1) is 9.89. The Hall–Kier alpha value is -2.11. The Morgan fingerprint density at radius 2 is 2.24 bits per heavy atom. The van der Waals surface area contributed by atoms with Crippen LogP contribution in [0, 0.1) is 22.5 Å². The highest BCUT2D eigenvalue weighted by Gasteiger charge is 2.45. The molecule has 0 bridgehead atoms. The first kappa shape index (κ1) is 15.3. The summed E-state index contributed by atoms with van der Waals surface area (Å²) in [6.07, 6.45) is 1.91. The van der Waals surface area contributed by atoms with Gasteiger partial charge in [-0.25, -0.2) is 0 Å². The number of nitro benzene ring substituents is 1. The number of hydrogen-bond acceptors (Lipinski definition) is 4. The average molecular weight is 292 g/mol. The second-order valence-corrected chi connectivity index (χ2v) is 5.76. The van der Waals surface area contributed by atoms with Gasteiger partial charge in [0.05, 0.1) is 10.3 Å². The maximum Gasteiger partial charge on any atom is 0.311 e. The van der Waals surface area contributed by atoms with Gasteiger partial charge in [0.15, 0.2) is 0 Å². The summed E-state index contributed by atoms with van der Waals surface area (Å²) in [4.78, 5) is 24.2. The van der Waals surface area contributed by atoms with Crippen LogP contribution in [0.4, 0.5) is 11.4 Å². The van der Waals surface area contributed by atoms with E-state index in [4.69, 9.17) is 0 Å². The minimum Gasteiger partial charge on any atom is -0.481 e. The van der Waals surface area contributed by atoms with E-state index >= 15 is 0 Å². The lowest BCUT2D eigenvalue weighted by molar-refractivity contribution is -0.384. The van der Waals surface area contributed by atoms with Crippen molar-refractivity contribution in [2.45, 2.75) is 33.1 Å². The Morgan fingerprint density at radius 1 is 1.52 bits per heavy atom. The number of nitro groups is 1. The Labute approximate surface area is 123 Å². The van der Waals surface area contributed by atoms with Gasteiger partial charge in [-0.3, -0.25) is 14.9 Å². The van der Waals surface area contributed by atoms with Crippen molar-refractivity contribution in [1.82, 2.24) is 0 Å². The molecule has 0 spiro atoms. The van der Waals surface area contributed by atoms with Gasteiger partial charge in [0.1, 0.15) is 5.69 Å². The van der Waals surface area contributed by atoms with Gasteiger partial charge in [-0.05, 0) is 31.4 Å². The largest absolute Gasteiger partial charge is 0.481 e. The molecule has 1 atom stereocenters. The summed E-state index contributed by atoms with van der Waals surface area (Å²) in [6, 6.07) is 4.96. The lowest BCUT2D eigenvalue weighted by Gasteiger charge is -2.25. The van der Waals surface area contributed by atoms with Gasteiger partial charge in [0.25, 0.3) is 5.69 Å². The zero-order valence-electron chi connectivity index (χ0n) is 12.3. The van der Waals surface area contributed by atoms with Gasteiger partial charge in [-0.2, -0.15) is 0 Å². The quantitative estimate of drug-likeness (QED) is 0.666. The second kappa shape index (κ2) is 5.71. The number of carboxylic acids is 1. The van der Waals surface area contributed by atoms with E-state index in [1.165, 1.54) is 6.07 Å². The van der Waals surface area contributed by atoms with E-state index in [9.17, 15) is 20.0 Å². The summed E-state index contributed by atoms with van der Waals surface area (Å²) < 4.78 is 0. The number of rotatable bonds is 5. The van der Waals surface area contributed by atoms with E-state index in [0.29, 0.717) is 31.6 Å². The molecule has 1 aliphatic rings. The molecule has 0 radical (unpaired) electrons. The fourth-order valence-corrected chi connectivity index (χ4v) is 3.08. The fraction of sp³-hybridized carbons (Fsp3) is 0.533. The van der Waals surface area contributed by atoms with Gasteiger partial charge in [-0.15, -0.1) is 0 Å². The van der Waals surface area contributed by atoms with Crippen molar-refractivity contribution >= 4 is 17.3 Å². The molecule has 21 heavy (non-hydrogen) atoms. The van der Waals surface area contributed by atoms with Crippen LogP contribution in [0.25, 0.3) is 0 Å². The summed E-state index contributed by atoms with van der Waals surface area (Å²) in [5.74, 6) is -0.804. The Kier molecular flexibility index (Phi) is 4.16. The van der Waals surface area contributed by atoms with E-state index in [2.05, 4.69) is 0 Å². The van der Waals surface area contributed by atoms with Crippen molar-refractivity contribution in [2.75, 3.05) is 18.0 Å². The highest BCUT2D eigenvalue weighted by molar-refractivity contribution is 5.77. The third kappa shape index (κ3) is 2.84. The van der Waals surface area contributed by atoms with Crippen LogP contribution in [0.1, 0.15) is 31.7 Å². The van der Waals surface area contributed by atoms with Gasteiger partial charge in [0, 0.05) is 19.2 Å². The van der Waals surface area contributed by atoms with Crippen LogP contribution in [0.2, 0.25) is 0 Å². The molecule has 0 amide bonds. The number of carbonyl (C=O) groups is 1. The van der Waals surface area contributed by atoms with Crippen molar-refractivity contribution in [1.29, 1.82) is 0 Å². The predicted octanol–water partition coefficient (Wildman–Crippen LogP) is 2.98. The smallest absolute Gasteiger partial charge is 0.311 e. The summed E-state index contributed by atoms with van der Waals surface area (Å²) in [7, 11) is 0. The van der Waals surface area contributed by atoms with Gasteiger partial charge >= 0.3 is 5.97 Å². The molecule has 1 aromatic rings. The molecule has 1 unspecified atom stereocenters. The Bertz CT molecular complexity index is 573. The second-order valence-electron chi connectivity index (χ2n) is 5.76. The molecule has 1 heterocycles. The van der Waals surface area contributed by atoms with Crippen molar-refractivity contribution in [3.63, 3.8) is 0 Å². The van der Waals surface area contributed by atoms with E-state index in [-0.39, 0.29) is 5.69 Å². The number of carboxylic acid groups (broad SMARTS) is 1. The minimum atomic E-state index is -0.804. The summed E-state index contributed by atoms with van der Waals surface area (Å²) >= 11 is 0. The monoisotopic (exact) mass is 292 g/mol. The van der Waals surface area contributed by atoms with Crippen molar-refractivity contribution in [2.24, 2.45) is 5.41 Å². The van der Waals surface area contributed by atoms with Crippen molar-refractivity contribution < 1.29 is 14.8 Å². The molecule has 0 aromatic heterocycles.